The first-order chi connectivity index (χ1) is 6.89. The molecule has 0 aromatic heterocycles. The van der Waals surface area contributed by atoms with Crippen LogP contribution in [-0.4, -0.2) is 17.3 Å². The largest absolute Gasteiger partial charge is 0.481 e. The molecule has 2 nitrogen and oxygen atoms in total. The smallest absolute Gasteiger partial charge is 0.313 e. The second-order valence-electron chi connectivity index (χ2n) is 3.78. The number of thioether (sulfide) groups is 1. The van der Waals surface area contributed by atoms with Crippen LogP contribution >= 0.6 is 23.4 Å². The van der Waals surface area contributed by atoms with E-state index in [0.717, 1.165) is 10.5 Å². The molecule has 0 aliphatic carbocycles. The number of aliphatic carboxylic acids is 1. The van der Waals surface area contributed by atoms with Crippen molar-refractivity contribution in [3.05, 3.63) is 28.8 Å². The Morgan fingerprint density at radius 3 is 2.47 bits per heavy atom. The topological polar surface area (TPSA) is 37.3 Å². The van der Waals surface area contributed by atoms with Crippen molar-refractivity contribution in [3.8, 4) is 0 Å². The van der Waals surface area contributed by atoms with Gasteiger partial charge in [-0.2, -0.15) is 0 Å². The lowest BCUT2D eigenvalue weighted by Gasteiger charge is -2.20. The Hall–Kier alpha value is -0.670. The van der Waals surface area contributed by atoms with Gasteiger partial charge in [-0.15, -0.1) is 11.8 Å². The molecule has 0 unspecified atom stereocenters. The Morgan fingerprint density at radius 2 is 2.07 bits per heavy atom. The van der Waals surface area contributed by atoms with Crippen molar-refractivity contribution in [2.45, 2.75) is 24.2 Å². The second-order valence-corrected chi connectivity index (χ2v) is 5.03. The molecule has 82 valence electrons. The first kappa shape index (κ1) is 12.4. The highest BCUT2D eigenvalue weighted by atomic mass is 35.5. The van der Waals surface area contributed by atoms with Crippen molar-refractivity contribution in [3.63, 3.8) is 0 Å². The summed E-state index contributed by atoms with van der Waals surface area (Å²) in [7, 11) is 0. The average molecular weight is 245 g/mol. The summed E-state index contributed by atoms with van der Waals surface area (Å²) in [6.07, 6.45) is 1.93. The Labute approximate surface area is 98.6 Å². The lowest BCUT2D eigenvalue weighted by Crippen LogP contribution is -2.28. The number of hydrogen-bond donors (Lipinski definition) is 1. The second kappa shape index (κ2) is 4.45. The Morgan fingerprint density at radius 1 is 1.47 bits per heavy atom. The summed E-state index contributed by atoms with van der Waals surface area (Å²) >= 11 is 7.57. The number of halogens is 1. The molecule has 0 radical (unpaired) electrons. The van der Waals surface area contributed by atoms with Gasteiger partial charge in [-0.3, -0.25) is 4.79 Å². The molecule has 0 saturated heterocycles. The van der Waals surface area contributed by atoms with Crippen LogP contribution in [0.25, 0.3) is 0 Å². The van der Waals surface area contributed by atoms with Crippen LogP contribution in [0, 0.1) is 0 Å². The number of rotatable bonds is 3. The van der Waals surface area contributed by atoms with E-state index in [0.29, 0.717) is 5.02 Å². The van der Waals surface area contributed by atoms with Crippen molar-refractivity contribution in [1.29, 1.82) is 0 Å². The summed E-state index contributed by atoms with van der Waals surface area (Å²) in [6, 6.07) is 5.39. The maximum absolute atomic E-state index is 11.0. The van der Waals surface area contributed by atoms with Gasteiger partial charge in [0.05, 0.1) is 10.4 Å². The maximum Gasteiger partial charge on any atom is 0.313 e. The lowest BCUT2D eigenvalue weighted by molar-refractivity contribution is -0.142. The number of carboxylic acids is 1. The first-order valence-electron chi connectivity index (χ1n) is 4.47. The van der Waals surface area contributed by atoms with Gasteiger partial charge in [-0.1, -0.05) is 17.7 Å². The third kappa shape index (κ3) is 2.47. The molecule has 0 aliphatic rings. The molecule has 0 spiro atoms. The Balaban J connectivity index is 3.18. The summed E-state index contributed by atoms with van der Waals surface area (Å²) in [5.74, 6) is -0.851. The Bertz CT molecular complexity index is 388. The normalized spacial score (nSPS) is 11.5. The molecule has 0 aliphatic heterocycles. The molecule has 1 rings (SSSR count). The van der Waals surface area contributed by atoms with Crippen LogP contribution in [-0.2, 0) is 10.2 Å². The van der Waals surface area contributed by atoms with Crippen molar-refractivity contribution in [2.24, 2.45) is 0 Å². The standard InChI is InChI=1S/C11H13ClO2S/c1-11(2,10(13)14)7-4-5-9(15-3)8(12)6-7/h4-6H,1-3H3,(H,13,14). The molecular formula is C11H13ClO2S. The highest BCUT2D eigenvalue weighted by Gasteiger charge is 2.29. The van der Waals surface area contributed by atoms with Gasteiger partial charge in [0.2, 0.25) is 0 Å². The van der Waals surface area contributed by atoms with Crippen LogP contribution in [0.15, 0.2) is 23.1 Å². The zero-order valence-corrected chi connectivity index (χ0v) is 10.4. The lowest BCUT2D eigenvalue weighted by atomic mass is 9.85. The number of carbonyl (C=O) groups is 1. The average Bonchev–Trinajstić information content (AvgIpc) is 2.17. The molecule has 1 aromatic rings. The molecule has 1 N–H and O–H groups in total. The third-order valence-corrected chi connectivity index (χ3v) is 3.63. The van der Waals surface area contributed by atoms with E-state index in [1.165, 1.54) is 0 Å². The highest BCUT2D eigenvalue weighted by molar-refractivity contribution is 7.98. The maximum atomic E-state index is 11.0. The zero-order chi connectivity index (χ0) is 11.6. The van der Waals surface area contributed by atoms with E-state index in [1.54, 1.807) is 31.7 Å². The molecule has 0 heterocycles. The van der Waals surface area contributed by atoms with Gasteiger partial charge in [0.1, 0.15) is 0 Å². The van der Waals surface area contributed by atoms with Crippen molar-refractivity contribution < 1.29 is 9.90 Å². The Kier molecular flexibility index (Phi) is 3.68. The van der Waals surface area contributed by atoms with E-state index in [1.807, 2.05) is 18.4 Å². The van der Waals surface area contributed by atoms with Gasteiger partial charge < -0.3 is 5.11 Å². The van der Waals surface area contributed by atoms with Gasteiger partial charge in [0, 0.05) is 4.90 Å². The molecular weight excluding hydrogens is 232 g/mol. The van der Waals surface area contributed by atoms with Crippen molar-refractivity contribution in [1.82, 2.24) is 0 Å². The monoisotopic (exact) mass is 244 g/mol. The zero-order valence-electron chi connectivity index (χ0n) is 8.87. The molecule has 0 amide bonds. The van der Waals surface area contributed by atoms with Crippen LogP contribution in [0.1, 0.15) is 19.4 Å². The number of hydrogen-bond acceptors (Lipinski definition) is 2. The quantitative estimate of drug-likeness (QED) is 0.828. The van der Waals surface area contributed by atoms with Crippen LogP contribution in [0.4, 0.5) is 0 Å². The molecule has 0 fully saturated rings. The molecule has 15 heavy (non-hydrogen) atoms. The van der Waals surface area contributed by atoms with Crippen molar-refractivity contribution >= 4 is 29.3 Å². The van der Waals surface area contributed by atoms with Crippen LogP contribution in [0.2, 0.25) is 5.02 Å². The molecule has 0 saturated carbocycles. The predicted octanol–water partition coefficient (Wildman–Crippen LogP) is 3.42. The molecule has 0 atom stereocenters. The van der Waals surface area contributed by atoms with Gasteiger partial charge in [-0.05, 0) is 37.8 Å². The highest BCUT2D eigenvalue weighted by Crippen LogP contribution is 2.31. The fraction of sp³-hybridized carbons (Fsp3) is 0.364. The first-order valence-corrected chi connectivity index (χ1v) is 6.07. The summed E-state index contributed by atoms with van der Waals surface area (Å²) in [6.45, 7) is 3.33. The summed E-state index contributed by atoms with van der Waals surface area (Å²) in [4.78, 5) is 12.0. The van der Waals surface area contributed by atoms with E-state index in [2.05, 4.69) is 0 Å². The van der Waals surface area contributed by atoms with Gasteiger partial charge in [0.25, 0.3) is 0 Å². The molecule has 1 aromatic carbocycles. The minimum absolute atomic E-state index is 0.606. The van der Waals surface area contributed by atoms with Gasteiger partial charge >= 0.3 is 5.97 Å². The van der Waals surface area contributed by atoms with Gasteiger partial charge in [-0.25, -0.2) is 0 Å². The minimum Gasteiger partial charge on any atom is -0.481 e. The van der Waals surface area contributed by atoms with E-state index in [9.17, 15) is 4.79 Å². The molecule has 4 heteroatoms. The van der Waals surface area contributed by atoms with Crippen LogP contribution in [0.5, 0.6) is 0 Å². The summed E-state index contributed by atoms with van der Waals surface area (Å²) in [5, 5.41) is 9.67. The summed E-state index contributed by atoms with van der Waals surface area (Å²) in [5.41, 5.74) is -0.182. The van der Waals surface area contributed by atoms with E-state index in [-0.39, 0.29) is 0 Å². The predicted molar refractivity (Wildman–Crippen MR) is 63.9 cm³/mol. The third-order valence-electron chi connectivity index (χ3n) is 2.41. The van der Waals surface area contributed by atoms with Gasteiger partial charge in [0.15, 0.2) is 0 Å². The number of carboxylic acid groups (broad SMARTS) is 1. The fourth-order valence-electron chi connectivity index (χ4n) is 1.18. The van der Waals surface area contributed by atoms with E-state index in [4.69, 9.17) is 16.7 Å². The van der Waals surface area contributed by atoms with Crippen molar-refractivity contribution in [2.75, 3.05) is 6.26 Å². The molecule has 0 bridgehead atoms. The minimum atomic E-state index is -0.902. The van der Waals surface area contributed by atoms with E-state index < -0.39 is 11.4 Å². The van der Waals surface area contributed by atoms with Crippen LogP contribution in [0.3, 0.4) is 0 Å². The van der Waals surface area contributed by atoms with E-state index >= 15 is 0 Å². The number of benzene rings is 1. The SMILES string of the molecule is CSc1ccc(C(C)(C)C(=O)O)cc1Cl. The van der Waals surface area contributed by atoms with Crippen LogP contribution < -0.4 is 0 Å². The fourth-order valence-corrected chi connectivity index (χ4v) is 2.05. The summed E-state index contributed by atoms with van der Waals surface area (Å²) < 4.78 is 0.